The third-order valence-corrected chi connectivity index (χ3v) is 5.53. The summed E-state index contributed by atoms with van der Waals surface area (Å²) in [6, 6.07) is 12.8. The zero-order valence-corrected chi connectivity index (χ0v) is 18.9. The first kappa shape index (κ1) is 25.6. The number of carbonyl (C=O) groups is 2. The maximum absolute atomic E-state index is 11.9. The maximum Gasteiger partial charge on any atom is 0.407 e. The number of ether oxygens (including phenoxy) is 1. The van der Waals surface area contributed by atoms with Crippen LogP contribution in [0.5, 0.6) is 0 Å². The molecule has 2 aromatic rings. The first-order valence-electron chi connectivity index (χ1n) is 10.1. The number of nitrogens with zero attached hydrogens (tertiary/aromatic N) is 1. The van der Waals surface area contributed by atoms with E-state index >= 15 is 0 Å². The van der Waals surface area contributed by atoms with Gasteiger partial charge in [0.05, 0.1) is 9.82 Å². The number of carbonyl (C=O) groups excluding carboxylic acids is 2. The lowest BCUT2D eigenvalue weighted by Crippen LogP contribution is -2.30. The number of sulfone groups is 1. The Kier molecular flexibility index (Phi) is 9.61. The molecule has 0 fully saturated rings. The van der Waals surface area contributed by atoms with Gasteiger partial charge in [0.15, 0.2) is 9.84 Å². The summed E-state index contributed by atoms with van der Waals surface area (Å²) in [6.07, 6.45) is 1.00. The highest BCUT2D eigenvalue weighted by Crippen LogP contribution is 2.27. The zero-order chi connectivity index (χ0) is 24.3. The van der Waals surface area contributed by atoms with Crippen molar-refractivity contribution in [3.8, 4) is 0 Å². The minimum absolute atomic E-state index is 0.148. The summed E-state index contributed by atoms with van der Waals surface area (Å²) in [5, 5.41) is 19.3. The van der Waals surface area contributed by atoms with Gasteiger partial charge in [-0.3, -0.25) is 14.9 Å². The Balaban J connectivity index is 1.63. The van der Waals surface area contributed by atoms with E-state index in [0.717, 1.165) is 17.9 Å². The Labute approximate surface area is 191 Å². The fourth-order valence-corrected chi connectivity index (χ4v) is 3.38. The lowest BCUT2D eigenvalue weighted by molar-refractivity contribution is -0.384. The predicted molar refractivity (Wildman–Crippen MR) is 122 cm³/mol. The normalized spacial score (nSPS) is 10.8. The van der Waals surface area contributed by atoms with Crippen LogP contribution in [0.25, 0.3) is 0 Å². The fourth-order valence-electron chi connectivity index (χ4n) is 2.74. The Morgan fingerprint density at radius 1 is 1.03 bits per heavy atom. The molecule has 0 bridgehead atoms. The molecule has 12 heteroatoms. The van der Waals surface area contributed by atoms with Gasteiger partial charge >= 0.3 is 6.09 Å². The summed E-state index contributed by atoms with van der Waals surface area (Å²) in [5.74, 6) is -0.238. The second-order valence-corrected chi connectivity index (χ2v) is 9.09. The molecule has 0 heterocycles. The molecule has 0 saturated carbocycles. The molecule has 0 aromatic heterocycles. The molecule has 0 aliphatic rings. The SMILES string of the molecule is CS(=O)(=O)c1ccc(NCCNC(=O)CCCNC(=O)OCc2ccccc2)c([N+](=O)[O-])c1. The van der Waals surface area contributed by atoms with Gasteiger partial charge in [0.25, 0.3) is 5.69 Å². The van der Waals surface area contributed by atoms with Gasteiger partial charge in [-0.1, -0.05) is 30.3 Å². The summed E-state index contributed by atoms with van der Waals surface area (Å²) < 4.78 is 28.2. The number of amides is 2. The van der Waals surface area contributed by atoms with Crippen LogP contribution < -0.4 is 16.0 Å². The standard InChI is InChI=1S/C21H26N4O7S/c1-33(30,31)17-9-10-18(19(14-17)25(28)29)22-12-13-23-20(26)8-5-11-24-21(27)32-15-16-6-3-2-4-7-16/h2-4,6-7,9-10,14,22H,5,8,11-13,15H2,1H3,(H,23,26)(H,24,27). The fraction of sp³-hybridized carbons (Fsp3) is 0.333. The van der Waals surface area contributed by atoms with Crippen LogP contribution in [-0.2, 0) is 26.0 Å². The highest BCUT2D eigenvalue weighted by Gasteiger charge is 2.18. The number of benzene rings is 2. The molecule has 0 aliphatic heterocycles. The van der Waals surface area contributed by atoms with E-state index in [4.69, 9.17) is 4.74 Å². The molecule has 0 atom stereocenters. The van der Waals surface area contributed by atoms with Crippen molar-refractivity contribution < 1.29 is 27.7 Å². The first-order valence-corrected chi connectivity index (χ1v) is 12.0. The number of nitrogens with one attached hydrogen (secondary N) is 3. The molecule has 0 saturated heterocycles. The van der Waals surface area contributed by atoms with Gasteiger partial charge < -0.3 is 20.7 Å². The topological polar surface area (TPSA) is 157 Å². The summed E-state index contributed by atoms with van der Waals surface area (Å²) >= 11 is 0. The third-order valence-electron chi connectivity index (χ3n) is 4.42. The van der Waals surface area contributed by atoms with E-state index in [-0.39, 0.29) is 54.8 Å². The minimum atomic E-state index is -3.57. The summed E-state index contributed by atoms with van der Waals surface area (Å²) in [4.78, 5) is 33.9. The molecule has 2 rings (SSSR count). The van der Waals surface area contributed by atoms with E-state index < -0.39 is 20.9 Å². The average molecular weight is 479 g/mol. The molecule has 0 radical (unpaired) electrons. The summed E-state index contributed by atoms with van der Waals surface area (Å²) in [7, 11) is -3.57. The number of hydrogen-bond acceptors (Lipinski definition) is 8. The molecule has 3 N–H and O–H groups in total. The number of anilines is 1. The van der Waals surface area contributed by atoms with Crippen LogP contribution >= 0.6 is 0 Å². The molecule has 2 amide bonds. The van der Waals surface area contributed by atoms with Gasteiger partial charge in [-0.15, -0.1) is 0 Å². The van der Waals surface area contributed by atoms with E-state index in [2.05, 4.69) is 16.0 Å². The van der Waals surface area contributed by atoms with Crippen LogP contribution in [0.3, 0.4) is 0 Å². The molecule has 0 aliphatic carbocycles. The minimum Gasteiger partial charge on any atom is -0.445 e. The number of nitro groups is 1. The van der Waals surface area contributed by atoms with Gasteiger partial charge in [0, 0.05) is 38.4 Å². The molecule has 0 unspecified atom stereocenters. The van der Waals surface area contributed by atoms with Crippen LogP contribution in [-0.4, -0.2) is 51.2 Å². The predicted octanol–water partition coefficient (Wildman–Crippen LogP) is 2.23. The number of nitro benzene ring substituents is 1. The molecule has 33 heavy (non-hydrogen) atoms. The third kappa shape index (κ3) is 9.15. The zero-order valence-electron chi connectivity index (χ0n) is 18.1. The van der Waals surface area contributed by atoms with Crippen molar-refractivity contribution in [3.63, 3.8) is 0 Å². The van der Waals surface area contributed by atoms with Crippen molar-refractivity contribution in [1.82, 2.24) is 10.6 Å². The Morgan fingerprint density at radius 2 is 1.76 bits per heavy atom. The molecule has 0 spiro atoms. The first-order chi connectivity index (χ1) is 15.7. The van der Waals surface area contributed by atoms with Crippen LogP contribution in [0, 0.1) is 10.1 Å². The number of hydrogen-bond donors (Lipinski definition) is 3. The molecule has 11 nitrogen and oxygen atoms in total. The van der Waals surface area contributed by atoms with Gasteiger partial charge in [-0.25, -0.2) is 13.2 Å². The van der Waals surface area contributed by atoms with E-state index in [0.29, 0.717) is 6.42 Å². The van der Waals surface area contributed by atoms with Crippen LogP contribution in [0.1, 0.15) is 18.4 Å². The average Bonchev–Trinajstić information content (AvgIpc) is 2.78. The Morgan fingerprint density at radius 3 is 2.42 bits per heavy atom. The molecule has 2 aromatic carbocycles. The van der Waals surface area contributed by atoms with Crippen LogP contribution in [0.4, 0.5) is 16.2 Å². The largest absolute Gasteiger partial charge is 0.445 e. The second kappa shape index (κ2) is 12.4. The highest BCUT2D eigenvalue weighted by atomic mass is 32.2. The van der Waals surface area contributed by atoms with E-state index in [1.807, 2.05) is 30.3 Å². The van der Waals surface area contributed by atoms with E-state index in [1.54, 1.807) is 0 Å². The summed E-state index contributed by atoms with van der Waals surface area (Å²) in [5.41, 5.74) is 0.659. The van der Waals surface area contributed by atoms with Crippen molar-refractivity contribution in [1.29, 1.82) is 0 Å². The van der Waals surface area contributed by atoms with Crippen molar-refractivity contribution in [2.45, 2.75) is 24.3 Å². The van der Waals surface area contributed by atoms with Gasteiger partial charge in [0.2, 0.25) is 5.91 Å². The lowest BCUT2D eigenvalue weighted by Gasteiger charge is -2.10. The second-order valence-electron chi connectivity index (χ2n) is 7.08. The maximum atomic E-state index is 11.9. The quantitative estimate of drug-likeness (QED) is 0.238. The van der Waals surface area contributed by atoms with Crippen LogP contribution in [0.15, 0.2) is 53.4 Å². The van der Waals surface area contributed by atoms with Gasteiger partial charge in [-0.2, -0.15) is 0 Å². The van der Waals surface area contributed by atoms with Crippen molar-refractivity contribution >= 4 is 33.2 Å². The van der Waals surface area contributed by atoms with Gasteiger partial charge in [-0.05, 0) is 24.1 Å². The van der Waals surface area contributed by atoms with Crippen molar-refractivity contribution in [2.75, 3.05) is 31.2 Å². The van der Waals surface area contributed by atoms with Crippen LogP contribution in [0.2, 0.25) is 0 Å². The molecular formula is C21H26N4O7S. The van der Waals surface area contributed by atoms with Crippen molar-refractivity contribution in [3.05, 3.63) is 64.2 Å². The molecule has 178 valence electrons. The summed E-state index contributed by atoms with van der Waals surface area (Å²) in [6.45, 7) is 0.846. The van der Waals surface area contributed by atoms with Crippen molar-refractivity contribution in [2.24, 2.45) is 0 Å². The molecular weight excluding hydrogens is 452 g/mol. The smallest absolute Gasteiger partial charge is 0.407 e. The Hall–Kier alpha value is -3.67. The highest BCUT2D eigenvalue weighted by molar-refractivity contribution is 7.90. The number of alkyl carbamates (subject to hydrolysis) is 1. The van der Waals surface area contributed by atoms with Gasteiger partial charge in [0.1, 0.15) is 12.3 Å². The van der Waals surface area contributed by atoms with E-state index in [9.17, 15) is 28.1 Å². The lowest BCUT2D eigenvalue weighted by atomic mass is 10.2. The monoisotopic (exact) mass is 478 g/mol. The van der Waals surface area contributed by atoms with E-state index in [1.165, 1.54) is 12.1 Å². The Bertz CT molecular complexity index is 1080. The number of rotatable bonds is 12.